The number of carbonyl (C=O) groups excluding carboxylic acids is 3. The lowest BCUT2D eigenvalue weighted by molar-refractivity contribution is -0.147. The van der Waals surface area contributed by atoms with Crippen LogP contribution in [0, 0.1) is 0 Å². The fourth-order valence-electron chi connectivity index (χ4n) is 3.53. The van der Waals surface area contributed by atoms with E-state index in [9.17, 15) is 39.0 Å². The second-order valence-electron chi connectivity index (χ2n) is 8.40. The van der Waals surface area contributed by atoms with Crippen molar-refractivity contribution in [2.75, 3.05) is 6.61 Å². The van der Waals surface area contributed by atoms with Crippen LogP contribution in [-0.4, -0.2) is 91.8 Å². The monoisotopic (exact) mass is 535 g/mol. The first-order chi connectivity index (χ1) is 17.9. The number of aliphatic hydroxyl groups is 1. The lowest BCUT2D eigenvalue weighted by Gasteiger charge is -2.24. The van der Waals surface area contributed by atoms with Gasteiger partial charge in [0.05, 0.1) is 19.1 Å². The van der Waals surface area contributed by atoms with Gasteiger partial charge in [-0.2, -0.15) is 0 Å². The van der Waals surface area contributed by atoms with E-state index in [1.54, 1.807) is 30.5 Å². The van der Waals surface area contributed by atoms with Crippen LogP contribution in [0.1, 0.15) is 24.8 Å². The molecule has 10 N–H and O–H groups in total. The highest BCUT2D eigenvalue weighted by atomic mass is 16.4. The average Bonchev–Trinajstić information content (AvgIpc) is 3.27. The number of aliphatic hydroxyl groups excluding tert-OH is 1. The van der Waals surface area contributed by atoms with E-state index in [0.717, 1.165) is 5.52 Å². The Bertz CT molecular complexity index is 1200. The molecule has 15 heteroatoms. The molecule has 4 atom stereocenters. The van der Waals surface area contributed by atoms with Crippen LogP contribution in [0.25, 0.3) is 10.9 Å². The number of H-pyrrole nitrogens is 1. The third kappa shape index (κ3) is 8.56. The van der Waals surface area contributed by atoms with Gasteiger partial charge in [0.1, 0.15) is 18.1 Å². The van der Waals surface area contributed by atoms with Crippen molar-refractivity contribution in [3.63, 3.8) is 0 Å². The molecule has 0 spiro atoms. The summed E-state index contributed by atoms with van der Waals surface area (Å²) in [6.45, 7) is -0.901. The minimum Gasteiger partial charge on any atom is -0.481 e. The summed E-state index contributed by atoms with van der Waals surface area (Å²) in [7, 11) is 0. The molecule has 1 aromatic heterocycles. The summed E-state index contributed by atoms with van der Waals surface area (Å²) in [4.78, 5) is 74.3. The predicted octanol–water partition coefficient (Wildman–Crippen LogP) is -2.09. The van der Waals surface area contributed by atoms with Crippen molar-refractivity contribution in [3.8, 4) is 0 Å². The number of benzene rings is 1. The summed E-state index contributed by atoms with van der Waals surface area (Å²) in [6.07, 6.45) is -0.134. The van der Waals surface area contributed by atoms with Gasteiger partial charge in [0.15, 0.2) is 0 Å². The minimum atomic E-state index is -1.79. The molecule has 0 fully saturated rings. The second-order valence-corrected chi connectivity index (χ2v) is 8.40. The zero-order valence-corrected chi connectivity index (χ0v) is 20.0. The molecule has 0 saturated carbocycles. The van der Waals surface area contributed by atoms with Gasteiger partial charge in [-0.3, -0.25) is 24.0 Å². The van der Waals surface area contributed by atoms with E-state index in [0.29, 0.717) is 10.9 Å². The Morgan fingerprint density at radius 2 is 1.45 bits per heavy atom. The highest BCUT2D eigenvalue weighted by Gasteiger charge is 2.31. The predicted molar refractivity (Wildman–Crippen MR) is 130 cm³/mol. The Labute approximate surface area is 215 Å². The maximum atomic E-state index is 13.0. The number of aromatic nitrogens is 1. The van der Waals surface area contributed by atoms with Crippen molar-refractivity contribution in [1.82, 2.24) is 20.9 Å². The Hall–Kier alpha value is -4.50. The molecule has 0 aliphatic carbocycles. The van der Waals surface area contributed by atoms with Crippen molar-refractivity contribution in [1.29, 1.82) is 0 Å². The highest BCUT2D eigenvalue weighted by molar-refractivity contribution is 5.95. The van der Waals surface area contributed by atoms with Crippen LogP contribution in [0.2, 0.25) is 0 Å². The fraction of sp³-hybridized carbons (Fsp3) is 0.391. The molecular weight excluding hydrogens is 506 g/mol. The molecule has 0 radical (unpaired) electrons. The van der Waals surface area contributed by atoms with Crippen LogP contribution < -0.4 is 21.7 Å². The average molecular weight is 536 g/mol. The molecule has 0 saturated heterocycles. The number of nitrogens with one attached hydrogen (secondary N) is 4. The highest BCUT2D eigenvalue weighted by Crippen LogP contribution is 2.19. The molecule has 0 aliphatic heterocycles. The largest absolute Gasteiger partial charge is 0.481 e. The molecule has 2 aromatic rings. The number of carboxylic acids is 3. The van der Waals surface area contributed by atoms with Gasteiger partial charge in [-0.15, -0.1) is 0 Å². The van der Waals surface area contributed by atoms with Gasteiger partial charge in [0, 0.05) is 29.9 Å². The molecule has 4 unspecified atom stereocenters. The van der Waals surface area contributed by atoms with Crippen molar-refractivity contribution < 1.29 is 49.2 Å². The lowest BCUT2D eigenvalue weighted by atomic mass is 10.0. The maximum Gasteiger partial charge on any atom is 0.326 e. The third-order valence-electron chi connectivity index (χ3n) is 5.55. The Morgan fingerprint density at radius 3 is 2.05 bits per heavy atom. The first-order valence-electron chi connectivity index (χ1n) is 11.4. The van der Waals surface area contributed by atoms with Crippen LogP contribution in [-0.2, 0) is 35.2 Å². The number of aromatic amines is 1. The number of amides is 3. The van der Waals surface area contributed by atoms with Crippen LogP contribution in [0.15, 0.2) is 30.5 Å². The molecule has 0 bridgehead atoms. The number of carbonyl (C=O) groups is 6. The Balaban J connectivity index is 2.24. The molecule has 0 aliphatic rings. The number of hydrogen-bond donors (Lipinski definition) is 9. The summed E-state index contributed by atoms with van der Waals surface area (Å²) >= 11 is 0. The van der Waals surface area contributed by atoms with E-state index in [1.807, 2.05) is 0 Å². The van der Waals surface area contributed by atoms with Gasteiger partial charge in [-0.05, 0) is 18.1 Å². The molecule has 206 valence electrons. The standard InChI is InChI=1S/C23H29N5O10/c24-13(5-6-18(30)31)20(34)28-17(10-29)22(36)26-15(21(35)27-16(23(37)38)8-19(32)33)7-11-9-25-14-4-2-1-3-12(11)14/h1-4,9,13,15-17,25,29H,5-8,10,24H2,(H,26,36)(H,27,35)(H,28,34)(H,30,31)(H,32,33)(H,37,38). The molecular formula is C23H29N5O10. The SMILES string of the molecule is NC(CCC(=O)O)C(=O)NC(CO)C(=O)NC(Cc1c[nH]c2ccccc12)C(=O)NC(CC(=O)O)C(=O)O. The van der Waals surface area contributed by atoms with Crippen LogP contribution in [0.4, 0.5) is 0 Å². The van der Waals surface area contributed by atoms with Crippen LogP contribution in [0.5, 0.6) is 0 Å². The minimum absolute atomic E-state index is 0.161. The zero-order chi connectivity index (χ0) is 28.4. The summed E-state index contributed by atoms with van der Waals surface area (Å²) < 4.78 is 0. The normalized spacial score (nSPS) is 14.1. The summed E-state index contributed by atoms with van der Waals surface area (Å²) in [5.41, 5.74) is 6.91. The van der Waals surface area contributed by atoms with Gasteiger partial charge in [-0.25, -0.2) is 4.79 Å². The number of nitrogens with two attached hydrogens (primary N) is 1. The number of carboxylic acid groups (broad SMARTS) is 3. The smallest absolute Gasteiger partial charge is 0.326 e. The topological polar surface area (TPSA) is 261 Å². The number of aliphatic carboxylic acids is 3. The molecule has 1 heterocycles. The van der Waals surface area contributed by atoms with E-state index < -0.39 is 79.2 Å². The van der Waals surface area contributed by atoms with E-state index in [4.69, 9.17) is 15.9 Å². The van der Waals surface area contributed by atoms with E-state index >= 15 is 0 Å². The van der Waals surface area contributed by atoms with Crippen molar-refractivity contribution in [3.05, 3.63) is 36.0 Å². The number of rotatable bonds is 15. The van der Waals surface area contributed by atoms with E-state index in [1.165, 1.54) is 0 Å². The molecule has 2 rings (SSSR count). The number of hydrogen-bond acceptors (Lipinski definition) is 8. The van der Waals surface area contributed by atoms with Crippen LogP contribution >= 0.6 is 0 Å². The molecule has 38 heavy (non-hydrogen) atoms. The van der Waals surface area contributed by atoms with Crippen molar-refractivity contribution in [2.45, 2.75) is 49.9 Å². The van der Waals surface area contributed by atoms with E-state index in [2.05, 4.69) is 20.9 Å². The van der Waals surface area contributed by atoms with E-state index in [-0.39, 0.29) is 12.8 Å². The lowest BCUT2D eigenvalue weighted by Crippen LogP contribution is -2.58. The van der Waals surface area contributed by atoms with Crippen LogP contribution in [0.3, 0.4) is 0 Å². The van der Waals surface area contributed by atoms with Gasteiger partial charge in [-0.1, -0.05) is 18.2 Å². The van der Waals surface area contributed by atoms with Gasteiger partial charge < -0.3 is 47.1 Å². The molecule has 1 aromatic carbocycles. The summed E-state index contributed by atoms with van der Waals surface area (Å²) in [5, 5.41) is 43.9. The summed E-state index contributed by atoms with van der Waals surface area (Å²) in [5.74, 6) is -7.20. The van der Waals surface area contributed by atoms with Crippen molar-refractivity contribution >= 4 is 46.5 Å². The molecule has 3 amide bonds. The number of fused-ring (bicyclic) bond motifs is 1. The van der Waals surface area contributed by atoms with Crippen molar-refractivity contribution in [2.24, 2.45) is 5.73 Å². The third-order valence-corrected chi connectivity index (χ3v) is 5.55. The molecule has 15 nitrogen and oxygen atoms in total. The van der Waals surface area contributed by atoms with Gasteiger partial charge in [0.2, 0.25) is 17.7 Å². The first-order valence-corrected chi connectivity index (χ1v) is 11.4. The Kier molecular flexibility index (Phi) is 10.7. The first kappa shape index (κ1) is 29.7. The second kappa shape index (κ2) is 13.7. The maximum absolute atomic E-state index is 13.0. The summed E-state index contributed by atoms with van der Waals surface area (Å²) in [6, 6.07) is 0.935. The number of para-hydroxylation sites is 1. The quantitative estimate of drug-likeness (QED) is 0.119. The zero-order valence-electron chi connectivity index (χ0n) is 20.0. The Morgan fingerprint density at radius 1 is 0.842 bits per heavy atom. The van der Waals surface area contributed by atoms with Gasteiger partial charge >= 0.3 is 17.9 Å². The fourth-order valence-corrected chi connectivity index (χ4v) is 3.53. The van der Waals surface area contributed by atoms with Gasteiger partial charge in [0.25, 0.3) is 0 Å².